The number of rotatable bonds is 9. The van der Waals surface area contributed by atoms with E-state index < -0.39 is 23.5 Å². The summed E-state index contributed by atoms with van der Waals surface area (Å²) in [5, 5.41) is 8.41. The second-order valence-corrected chi connectivity index (χ2v) is 10.1. The maximum Gasteiger partial charge on any atom is 0.407 e. The number of amides is 3. The summed E-state index contributed by atoms with van der Waals surface area (Å²) in [5.41, 5.74) is -0.163. The van der Waals surface area contributed by atoms with E-state index in [1.807, 2.05) is 6.26 Å². The average molecular weight is 558 g/mol. The molecule has 2 heterocycles. The van der Waals surface area contributed by atoms with Crippen LogP contribution in [-0.4, -0.2) is 52.9 Å². The Balaban J connectivity index is 1.71. The molecule has 0 radical (unpaired) electrons. The van der Waals surface area contributed by atoms with Crippen LogP contribution in [0.5, 0.6) is 5.75 Å². The van der Waals surface area contributed by atoms with Crippen molar-refractivity contribution in [2.75, 3.05) is 30.0 Å². The molecule has 1 aromatic carbocycles. The van der Waals surface area contributed by atoms with E-state index in [0.29, 0.717) is 10.8 Å². The predicted molar refractivity (Wildman–Crippen MR) is 147 cm³/mol. The van der Waals surface area contributed by atoms with Gasteiger partial charge in [-0.1, -0.05) is 11.6 Å². The van der Waals surface area contributed by atoms with E-state index in [1.165, 1.54) is 24.2 Å². The fourth-order valence-corrected chi connectivity index (χ4v) is 3.61. The van der Waals surface area contributed by atoms with Crippen LogP contribution in [0.4, 0.5) is 16.3 Å². The van der Waals surface area contributed by atoms with E-state index in [4.69, 9.17) is 21.1 Å². The minimum absolute atomic E-state index is 0.00219. The van der Waals surface area contributed by atoms with Crippen molar-refractivity contribution >= 4 is 52.8 Å². The molecule has 0 fully saturated rings. The van der Waals surface area contributed by atoms with Gasteiger partial charge in [0.2, 0.25) is 0 Å². The quantitative estimate of drug-likeness (QED) is 0.240. The van der Waals surface area contributed by atoms with E-state index in [-0.39, 0.29) is 35.9 Å². The molecular formula is C26H28ClN5O5S. The highest BCUT2D eigenvalue weighted by atomic mass is 35.5. The first-order valence-electron chi connectivity index (χ1n) is 11.5. The number of anilines is 2. The molecule has 0 saturated carbocycles. The normalized spacial score (nSPS) is 10.9. The van der Waals surface area contributed by atoms with Gasteiger partial charge in [0.25, 0.3) is 11.8 Å². The van der Waals surface area contributed by atoms with Crippen LogP contribution in [0.3, 0.4) is 0 Å². The van der Waals surface area contributed by atoms with Crippen LogP contribution >= 0.6 is 23.4 Å². The lowest BCUT2D eigenvalue weighted by Crippen LogP contribution is -2.34. The second kappa shape index (κ2) is 13.1. The number of carbonyl (C=O) groups is 3. The molecule has 0 spiro atoms. The van der Waals surface area contributed by atoms with E-state index in [9.17, 15) is 14.4 Å². The zero-order valence-corrected chi connectivity index (χ0v) is 22.9. The van der Waals surface area contributed by atoms with Gasteiger partial charge in [-0.25, -0.2) is 14.8 Å². The van der Waals surface area contributed by atoms with Crippen LogP contribution in [0.1, 0.15) is 41.6 Å². The Morgan fingerprint density at radius 2 is 1.82 bits per heavy atom. The molecule has 10 nitrogen and oxygen atoms in total. The Morgan fingerprint density at radius 1 is 1.03 bits per heavy atom. The largest absolute Gasteiger partial charge is 0.491 e. The van der Waals surface area contributed by atoms with Crippen molar-refractivity contribution in [3.63, 3.8) is 0 Å². The number of alkyl carbamates (subject to hydrolysis) is 1. The molecule has 0 unspecified atom stereocenters. The summed E-state index contributed by atoms with van der Waals surface area (Å²) in [4.78, 5) is 47.0. The zero-order chi connectivity index (χ0) is 27.7. The topological polar surface area (TPSA) is 132 Å². The highest BCUT2D eigenvalue weighted by Crippen LogP contribution is 2.27. The van der Waals surface area contributed by atoms with Gasteiger partial charge in [-0.05, 0) is 69.5 Å². The summed E-state index contributed by atoms with van der Waals surface area (Å²) in [7, 11) is 0. The number of halogens is 1. The molecule has 0 aliphatic heterocycles. The predicted octanol–water partition coefficient (Wildman–Crippen LogP) is 5.26. The first-order chi connectivity index (χ1) is 18.1. The van der Waals surface area contributed by atoms with Gasteiger partial charge in [-0.2, -0.15) is 0 Å². The van der Waals surface area contributed by atoms with Crippen molar-refractivity contribution in [1.82, 2.24) is 15.3 Å². The number of hydrogen-bond donors (Lipinski definition) is 3. The van der Waals surface area contributed by atoms with Gasteiger partial charge < -0.3 is 25.4 Å². The standard InChI is InChI=1S/C26H28ClN5O5S/c1-26(2,3)37-25(35)29-12-13-36-20-14-17(38-4)8-9-18(20)23(33)31-19-6-5-11-28-22(19)24(34)32-21-10-7-16(27)15-30-21/h5-11,14-15H,12-13H2,1-4H3,(H,29,35)(H,31,33)(H,30,32,34). The summed E-state index contributed by atoms with van der Waals surface area (Å²) in [6.45, 7) is 5.59. The summed E-state index contributed by atoms with van der Waals surface area (Å²) >= 11 is 7.33. The third kappa shape index (κ3) is 8.63. The fraction of sp³-hybridized carbons (Fsp3) is 0.269. The highest BCUT2D eigenvalue weighted by Gasteiger charge is 2.20. The van der Waals surface area contributed by atoms with Gasteiger partial charge in [-0.3, -0.25) is 9.59 Å². The van der Waals surface area contributed by atoms with E-state index in [2.05, 4.69) is 25.9 Å². The molecule has 0 atom stereocenters. The maximum absolute atomic E-state index is 13.2. The van der Waals surface area contributed by atoms with Crippen LogP contribution in [0, 0.1) is 0 Å². The number of nitrogens with zero attached hydrogens (tertiary/aromatic N) is 2. The molecule has 2 aromatic heterocycles. The van der Waals surface area contributed by atoms with Crippen molar-refractivity contribution in [3.05, 3.63) is 71.1 Å². The van der Waals surface area contributed by atoms with E-state index >= 15 is 0 Å². The number of ether oxygens (including phenoxy) is 2. The Labute approximate surface area is 229 Å². The molecule has 0 saturated heterocycles. The molecular weight excluding hydrogens is 530 g/mol. The molecule has 3 N–H and O–H groups in total. The van der Waals surface area contributed by atoms with Gasteiger partial charge in [0.05, 0.1) is 22.8 Å². The lowest BCUT2D eigenvalue weighted by atomic mass is 10.1. The Hall–Kier alpha value is -3.83. The molecule has 38 heavy (non-hydrogen) atoms. The molecule has 0 aliphatic rings. The Morgan fingerprint density at radius 3 is 2.50 bits per heavy atom. The SMILES string of the molecule is CSc1ccc(C(=O)Nc2cccnc2C(=O)Nc2ccc(Cl)cn2)c(OCCNC(=O)OC(C)(C)C)c1. The summed E-state index contributed by atoms with van der Waals surface area (Å²) in [6.07, 6.45) is 4.19. The van der Waals surface area contributed by atoms with Crippen LogP contribution in [0.15, 0.2) is 59.8 Å². The number of aromatic nitrogens is 2. The molecule has 3 amide bonds. The molecule has 0 aliphatic carbocycles. The van der Waals surface area contributed by atoms with Crippen LogP contribution in [0.2, 0.25) is 5.02 Å². The smallest absolute Gasteiger partial charge is 0.407 e. The minimum atomic E-state index is -0.615. The number of nitrogens with one attached hydrogen (secondary N) is 3. The summed E-state index contributed by atoms with van der Waals surface area (Å²) in [5.74, 6) is -0.455. The molecule has 0 bridgehead atoms. The third-order valence-corrected chi connectivity index (χ3v) is 5.65. The number of carbonyl (C=O) groups excluding carboxylic acids is 3. The van der Waals surface area contributed by atoms with Crippen molar-refractivity contribution in [2.45, 2.75) is 31.3 Å². The maximum atomic E-state index is 13.2. The fourth-order valence-electron chi connectivity index (χ4n) is 3.07. The summed E-state index contributed by atoms with van der Waals surface area (Å²) < 4.78 is 11.0. The lowest BCUT2D eigenvalue weighted by molar-refractivity contribution is 0.0519. The van der Waals surface area contributed by atoms with Gasteiger partial charge in [0.15, 0.2) is 5.69 Å². The van der Waals surface area contributed by atoms with Crippen molar-refractivity contribution in [1.29, 1.82) is 0 Å². The van der Waals surface area contributed by atoms with Crippen molar-refractivity contribution < 1.29 is 23.9 Å². The monoisotopic (exact) mass is 557 g/mol. The number of hydrogen-bond acceptors (Lipinski definition) is 8. The lowest BCUT2D eigenvalue weighted by Gasteiger charge is -2.20. The molecule has 12 heteroatoms. The second-order valence-electron chi connectivity index (χ2n) is 8.81. The molecule has 200 valence electrons. The summed E-state index contributed by atoms with van der Waals surface area (Å²) in [6, 6.07) is 11.5. The number of benzene rings is 1. The van der Waals surface area contributed by atoms with Gasteiger partial charge in [0.1, 0.15) is 23.8 Å². The van der Waals surface area contributed by atoms with Crippen LogP contribution in [0.25, 0.3) is 0 Å². The first-order valence-corrected chi connectivity index (χ1v) is 13.1. The minimum Gasteiger partial charge on any atom is -0.491 e. The van der Waals surface area contributed by atoms with Gasteiger partial charge in [0, 0.05) is 17.3 Å². The average Bonchev–Trinajstić information content (AvgIpc) is 2.87. The van der Waals surface area contributed by atoms with Crippen LogP contribution in [-0.2, 0) is 4.74 Å². The van der Waals surface area contributed by atoms with E-state index in [1.54, 1.807) is 63.2 Å². The number of pyridine rings is 2. The molecule has 3 rings (SSSR count). The first kappa shape index (κ1) is 28.7. The zero-order valence-electron chi connectivity index (χ0n) is 21.3. The van der Waals surface area contributed by atoms with Gasteiger partial charge in [-0.15, -0.1) is 11.8 Å². The third-order valence-electron chi connectivity index (χ3n) is 4.70. The number of thioether (sulfide) groups is 1. The van der Waals surface area contributed by atoms with Gasteiger partial charge >= 0.3 is 6.09 Å². The van der Waals surface area contributed by atoms with Crippen molar-refractivity contribution in [2.24, 2.45) is 0 Å². The Bertz CT molecular complexity index is 1300. The highest BCUT2D eigenvalue weighted by molar-refractivity contribution is 7.98. The van der Waals surface area contributed by atoms with Crippen molar-refractivity contribution in [3.8, 4) is 5.75 Å². The van der Waals surface area contributed by atoms with Crippen LogP contribution < -0.4 is 20.7 Å². The Kier molecular flexibility index (Phi) is 9.91. The van der Waals surface area contributed by atoms with E-state index in [0.717, 1.165) is 4.90 Å². The molecule has 3 aromatic rings.